The molecule has 4 rings (SSSR count). The molecule has 0 atom stereocenters. The molecule has 2 aromatic heterocycles. The van der Waals surface area contributed by atoms with Crippen molar-refractivity contribution in [3.63, 3.8) is 0 Å². The standard InChI is InChI=1S/C24H23N5O2S/c1-16-7-6-8-19(17(16)2)26-22(30)15-32-24-28-27-23(18-11-13-25-14-12-18)29(24)20-9-4-5-10-21(20)31-3/h4-14H,15H2,1-3H3,(H,26,30). The van der Waals surface area contributed by atoms with Gasteiger partial charge < -0.3 is 10.1 Å². The number of ether oxygens (including phenoxy) is 1. The van der Waals surface area contributed by atoms with Crippen LogP contribution in [-0.4, -0.2) is 38.5 Å². The minimum Gasteiger partial charge on any atom is -0.495 e. The fraction of sp³-hybridized carbons (Fsp3) is 0.167. The largest absolute Gasteiger partial charge is 0.495 e. The van der Waals surface area contributed by atoms with E-state index in [9.17, 15) is 4.79 Å². The minimum atomic E-state index is -0.108. The number of aromatic nitrogens is 4. The summed E-state index contributed by atoms with van der Waals surface area (Å²) >= 11 is 1.32. The van der Waals surface area contributed by atoms with Crippen LogP contribution in [0.25, 0.3) is 17.1 Å². The van der Waals surface area contributed by atoms with Crippen molar-refractivity contribution in [1.29, 1.82) is 0 Å². The summed E-state index contributed by atoms with van der Waals surface area (Å²) in [6, 6.07) is 17.3. The van der Waals surface area contributed by atoms with E-state index in [1.807, 2.05) is 73.0 Å². The Hall–Kier alpha value is -3.65. The first-order valence-corrected chi connectivity index (χ1v) is 11.0. The molecule has 0 bridgehead atoms. The number of carbonyl (C=O) groups excluding carboxylic acids is 1. The van der Waals surface area contributed by atoms with Crippen LogP contribution in [0.5, 0.6) is 5.75 Å². The summed E-state index contributed by atoms with van der Waals surface area (Å²) in [7, 11) is 1.62. The number of amides is 1. The van der Waals surface area contributed by atoms with Gasteiger partial charge in [-0.1, -0.05) is 36.0 Å². The summed E-state index contributed by atoms with van der Waals surface area (Å²) in [5.41, 5.74) is 4.67. The predicted molar refractivity (Wildman–Crippen MR) is 126 cm³/mol. The fourth-order valence-corrected chi connectivity index (χ4v) is 4.03. The second-order valence-corrected chi connectivity index (χ2v) is 8.08. The lowest BCUT2D eigenvalue weighted by molar-refractivity contribution is -0.113. The molecule has 4 aromatic rings. The Morgan fingerprint density at radius 1 is 1.03 bits per heavy atom. The zero-order valence-corrected chi connectivity index (χ0v) is 18.9. The van der Waals surface area contributed by atoms with Crippen LogP contribution in [0.3, 0.4) is 0 Å². The van der Waals surface area contributed by atoms with Crippen molar-refractivity contribution in [2.75, 3.05) is 18.2 Å². The first-order valence-electron chi connectivity index (χ1n) is 10.1. The van der Waals surface area contributed by atoms with Gasteiger partial charge in [0.05, 0.1) is 18.6 Å². The van der Waals surface area contributed by atoms with Crippen molar-refractivity contribution in [3.8, 4) is 22.8 Å². The smallest absolute Gasteiger partial charge is 0.234 e. The number of carbonyl (C=O) groups is 1. The Labute approximate surface area is 190 Å². The van der Waals surface area contributed by atoms with E-state index < -0.39 is 0 Å². The Balaban J connectivity index is 1.63. The van der Waals surface area contributed by atoms with Crippen LogP contribution in [0.1, 0.15) is 11.1 Å². The molecule has 2 aromatic carbocycles. The summed E-state index contributed by atoms with van der Waals surface area (Å²) in [6.07, 6.45) is 3.42. The average molecular weight is 446 g/mol. The Morgan fingerprint density at radius 3 is 2.59 bits per heavy atom. The molecule has 8 heteroatoms. The number of aryl methyl sites for hydroxylation is 1. The van der Waals surface area contributed by atoms with Crippen LogP contribution in [-0.2, 0) is 4.79 Å². The number of nitrogens with one attached hydrogen (secondary N) is 1. The zero-order valence-electron chi connectivity index (χ0n) is 18.1. The lowest BCUT2D eigenvalue weighted by Crippen LogP contribution is -2.15. The SMILES string of the molecule is COc1ccccc1-n1c(SCC(=O)Nc2cccc(C)c2C)nnc1-c1ccncc1. The van der Waals surface area contributed by atoms with Crippen molar-refractivity contribution >= 4 is 23.4 Å². The van der Waals surface area contributed by atoms with E-state index in [0.29, 0.717) is 16.7 Å². The van der Waals surface area contributed by atoms with Crippen molar-refractivity contribution in [3.05, 3.63) is 78.1 Å². The van der Waals surface area contributed by atoms with Crippen molar-refractivity contribution in [2.45, 2.75) is 19.0 Å². The second-order valence-electron chi connectivity index (χ2n) is 7.13. The van der Waals surface area contributed by atoms with Gasteiger partial charge in [0.15, 0.2) is 11.0 Å². The molecule has 32 heavy (non-hydrogen) atoms. The van der Waals surface area contributed by atoms with E-state index >= 15 is 0 Å². The first-order chi connectivity index (χ1) is 15.6. The molecule has 0 unspecified atom stereocenters. The van der Waals surface area contributed by atoms with Crippen molar-refractivity contribution < 1.29 is 9.53 Å². The highest BCUT2D eigenvalue weighted by Crippen LogP contribution is 2.32. The molecular formula is C24H23N5O2S. The minimum absolute atomic E-state index is 0.108. The van der Waals surface area contributed by atoms with Gasteiger partial charge in [-0.25, -0.2) is 0 Å². The number of nitrogens with zero attached hydrogens (tertiary/aromatic N) is 4. The van der Waals surface area contributed by atoms with Crippen LogP contribution >= 0.6 is 11.8 Å². The molecule has 0 radical (unpaired) electrons. The Bertz CT molecular complexity index is 1240. The molecule has 0 aliphatic carbocycles. The predicted octanol–water partition coefficient (Wildman–Crippen LogP) is 4.69. The van der Waals surface area contributed by atoms with Gasteiger partial charge in [-0.3, -0.25) is 14.3 Å². The van der Waals surface area contributed by atoms with Gasteiger partial charge in [-0.15, -0.1) is 10.2 Å². The average Bonchev–Trinajstić information content (AvgIpc) is 3.25. The molecule has 0 saturated carbocycles. The van der Waals surface area contributed by atoms with Gasteiger partial charge in [0.25, 0.3) is 0 Å². The molecule has 0 saturated heterocycles. The van der Waals surface area contributed by atoms with Gasteiger partial charge in [0.2, 0.25) is 5.91 Å². The van der Waals surface area contributed by atoms with Crippen molar-refractivity contribution in [2.24, 2.45) is 0 Å². The summed E-state index contributed by atoms with van der Waals surface area (Å²) in [5, 5.41) is 12.4. The number of anilines is 1. The monoisotopic (exact) mass is 445 g/mol. The summed E-state index contributed by atoms with van der Waals surface area (Å²) in [6.45, 7) is 4.02. The lowest BCUT2D eigenvalue weighted by atomic mass is 10.1. The molecule has 0 spiro atoms. The topological polar surface area (TPSA) is 81.9 Å². The third kappa shape index (κ3) is 4.50. The number of hydrogen-bond acceptors (Lipinski definition) is 6. The van der Waals surface area contributed by atoms with Gasteiger partial charge in [0, 0.05) is 23.6 Å². The molecule has 7 nitrogen and oxygen atoms in total. The van der Waals surface area contributed by atoms with Crippen LogP contribution in [0, 0.1) is 13.8 Å². The van der Waals surface area contributed by atoms with Crippen molar-refractivity contribution in [1.82, 2.24) is 19.7 Å². The first kappa shape index (κ1) is 21.6. The van der Waals surface area contributed by atoms with Gasteiger partial charge in [-0.2, -0.15) is 0 Å². The highest BCUT2D eigenvalue weighted by Gasteiger charge is 2.20. The van der Waals surface area contributed by atoms with E-state index in [2.05, 4.69) is 20.5 Å². The maximum Gasteiger partial charge on any atom is 0.234 e. The highest BCUT2D eigenvalue weighted by molar-refractivity contribution is 7.99. The van der Waals surface area contributed by atoms with E-state index in [4.69, 9.17) is 4.74 Å². The molecule has 0 fully saturated rings. The van der Waals surface area contributed by atoms with Crippen LogP contribution in [0.2, 0.25) is 0 Å². The van der Waals surface area contributed by atoms with Crippen LogP contribution < -0.4 is 10.1 Å². The summed E-state index contributed by atoms with van der Waals surface area (Å²) in [4.78, 5) is 16.8. The number of thioether (sulfide) groups is 1. The third-order valence-corrected chi connectivity index (χ3v) is 6.04. The lowest BCUT2D eigenvalue weighted by Gasteiger charge is -2.14. The second kappa shape index (κ2) is 9.65. The molecule has 2 heterocycles. The molecule has 162 valence electrons. The maximum absolute atomic E-state index is 12.7. The van der Waals surface area contributed by atoms with Crippen LogP contribution in [0.15, 0.2) is 72.1 Å². The quantitative estimate of drug-likeness (QED) is 0.416. The molecular weight excluding hydrogens is 422 g/mol. The number of benzene rings is 2. The molecule has 0 aliphatic rings. The van der Waals surface area contributed by atoms with Crippen LogP contribution in [0.4, 0.5) is 5.69 Å². The summed E-state index contributed by atoms with van der Waals surface area (Å²) < 4.78 is 7.47. The van der Waals surface area contributed by atoms with Gasteiger partial charge in [0.1, 0.15) is 5.75 Å². The summed E-state index contributed by atoms with van der Waals surface area (Å²) in [5.74, 6) is 1.42. The Kier molecular flexibility index (Phi) is 6.51. The number of pyridine rings is 1. The number of rotatable bonds is 7. The maximum atomic E-state index is 12.7. The Morgan fingerprint density at radius 2 is 1.81 bits per heavy atom. The molecule has 0 aliphatic heterocycles. The highest BCUT2D eigenvalue weighted by atomic mass is 32.2. The van der Waals surface area contributed by atoms with Gasteiger partial charge in [-0.05, 0) is 55.3 Å². The molecule has 1 N–H and O–H groups in total. The number of para-hydroxylation sites is 2. The number of hydrogen-bond donors (Lipinski definition) is 1. The van der Waals surface area contributed by atoms with E-state index in [0.717, 1.165) is 28.1 Å². The van der Waals surface area contributed by atoms with E-state index in [1.165, 1.54) is 11.8 Å². The normalized spacial score (nSPS) is 10.7. The van der Waals surface area contributed by atoms with E-state index in [-0.39, 0.29) is 11.7 Å². The zero-order chi connectivity index (χ0) is 22.5. The third-order valence-electron chi connectivity index (χ3n) is 5.11. The number of methoxy groups -OCH3 is 1. The molecule has 1 amide bonds. The fourth-order valence-electron chi connectivity index (χ4n) is 3.29. The van der Waals surface area contributed by atoms with Gasteiger partial charge >= 0.3 is 0 Å². The van der Waals surface area contributed by atoms with E-state index in [1.54, 1.807) is 19.5 Å².